The summed E-state index contributed by atoms with van der Waals surface area (Å²) in [5, 5.41) is 8.99. The Labute approximate surface area is 519 Å². The molecule has 2 unspecified atom stereocenters. The van der Waals surface area contributed by atoms with Gasteiger partial charge in [-0.25, -0.2) is 0 Å². The van der Waals surface area contributed by atoms with E-state index in [0.717, 1.165) is 84.3 Å². The highest BCUT2D eigenvalue weighted by Crippen LogP contribution is 2.14. The molecule has 0 aliphatic carbocycles. The molecule has 0 bridgehead atoms. The zero-order valence-corrected chi connectivity index (χ0v) is 57.3. The molecule has 0 aromatic rings. The quantitative estimate of drug-likeness (QED) is 0.0803. The van der Waals surface area contributed by atoms with Crippen LogP contribution in [0.25, 0.3) is 0 Å². The van der Waals surface area contributed by atoms with Gasteiger partial charge in [0.25, 0.3) is 0 Å². The van der Waals surface area contributed by atoms with Gasteiger partial charge < -0.3 is 20.1 Å². The molecule has 0 aromatic carbocycles. The summed E-state index contributed by atoms with van der Waals surface area (Å²) >= 11 is 4.10. The second-order valence-corrected chi connectivity index (χ2v) is 31.8. The van der Waals surface area contributed by atoms with Gasteiger partial charge in [0.05, 0.1) is 12.2 Å². The summed E-state index contributed by atoms with van der Waals surface area (Å²) in [5.41, 5.74) is 0. The van der Waals surface area contributed by atoms with Gasteiger partial charge in [-0.2, -0.15) is 23.5 Å². The van der Waals surface area contributed by atoms with Crippen molar-refractivity contribution in [1.82, 2.24) is 10.6 Å². The fourth-order valence-corrected chi connectivity index (χ4v) is 8.16. The molecule has 0 rings (SSSR count). The van der Waals surface area contributed by atoms with E-state index >= 15 is 0 Å². The van der Waals surface area contributed by atoms with Crippen LogP contribution in [0.5, 0.6) is 0 Å². The average Bonchev–Trinajstić information content (AvgIpc) is 3.18. The molecule has 0 saturated carbocycles. The lowest BCUT2D eigenvalue weighted by atomic mass is 10.1. The molecule has 0 fully saturated rings. The molecule has 0 amide bonds. The molecule has 0 aromatic heterocycles. The van der Waals surface area contributed by atoms with Crippen molar-refractivity contribution >= 4 is 45.1 Å². The molecule has 0 spiro atoms. The Kier molecular flexibility index (Phi) is 134. The first kappa shape index (κ1) is 121. The smallest absolute Gasteiger partial charge is 0.0518 e. The molecule has 0 radical (unpaired) electrons. The number of thioether (sulfide) groups is 2. The molecule has 0 heterocycles. The van der Waals surface area contributed by atoms with Crippen LogP contribution in [0.1, 0.15) is 307 Å². The lowest BCUT2D eigenvalue weighted by Crippen LogP contribution is -2.26. The van der Waals surface area contributed by atoms with E-state index < -0.39 is 21.6 Å². The van der Waals surface area contributed by atoms with Crippen molar-refractivity contribution in [2.45, 2.75) is 352 Å². The van der Waals surface area contributed by atoms with E-state index in [2.05, 4.69) is 216 Å². The standard InChI is InChI=1S/C8H19N.C8H18OS.C8H18O.C8H18S.C7H17N.C7H16OS.C7H16O.C7H16S.8CH4/c1-7(2)5-6-9-8(3)4;1-7(2)5-6-10(9)8(3)4;2*1-7(2)5-6-9-8(3)4;1-6(2)5-8-7(3)4;1-6(2)5-9(8)7(3)4;2*1-6(2)5-8-7(3)4;;;;;;;;/h7-9H,5-6H2,1-4H3;7-8H,5-6H2,1-4H3;2*7-8H,5-6H2,1-4H3;6-8H,5H2,1-4H3;6-7H,5H2,1-4H3;2*6-7H,5H2,1-4H3;8*1H4. The summed E-state index contributed by atoms with van der Waals surface area (Å²) in [6, 6.07) is 1.28. The van der Waals surface area contributed by atoms with Crippen LogP contribution < -0.4 is 10.6 Å². The van der Waals surface area contributed by atoms with Crippen LogP contribution in [0.15, 0.2) is 0 Å². The third-order valence-electron chi connectivity index (χ3n) is 8.47. The highest BCUT2D eigenvalue weighted by molar-refractivity contribution is 8.00. The van der Waals surface area contributed by atoms with Crippen molar-refractivity contribution in [2.24, 2.45) is 47.3 Å². The van der Waals surface area contributed by atoms with Gasteiger partial charge in [0, 0.05) is 68.9 Å². The number of nitrogens with one attached hydrogen (secondary N) is 2. The minimum Gasteiger partial charge on any atom is -0.379 e. The van der Waals surface area contributed by atoms with Crippen LogP contribution in [0.4, 0.5) is 0 Å². The molecule has 500 valence electrons. The van der Waals surface area contributed by atoms with Crippen molar-refractivity contribution in [3.63, 3.8) is 0 Å². The molecule has 0 saturated heterocycles. The predicted molar refractivity (Wildman–Crippen MR) is 391 cm³/mol. The van der Waals surface area contributed by atoms with Crippen LogP contribution in [-0.2, 0) is 31.1 Å². The molecule has 2 atom stereocenters. The van der Waals surface area contributed by atoms with Crippen LogP contribution in [0.2, 0.25) is 0 Å². The van der Waals surface area contributed by atoms with E-state index in [0.29, 0.717) is 52.5 Å². The summed E-state index contributed by atoms with van der Waals surface area (Å²) in [5.74, 6) is 10.4. The number of ether oxygens (including phenoxy) is 2. The fourth-order valence-electron chi connectivity index (χ4n) is 4.09. The van der Waals surface area contributed by atoms with Crippen molar-refractivity contribution in [1.29, 1.82) is 0 Å². The zero-order chi connectivity index (χ0) is 57.1. The predicted octanol–water partition coefficient (Wildman–Crippen LogP) is 23.2. The summed E-state index contributed by atoms with van der Waals surface area (Å²) in [7, 11) is -1.19. The van der Waals surface area contributed by atoms with Crippen molar-refractivity contribution in [3.8, 4) is 0 Å². The number of hydrogen-bond donors (Lipinski definition) is 2. The van der Waals surface area contributed by atoms with Crippen molar-refractivity contribution in [2.75, 3.05) is 49.3 Å². The summed E-state index contributed by atoms with van der Waals surface area (Å²) in [4.78, 5) is 0. The van der Waals surface area contributed by atoms with Crippen molar-refractivity contribution < 1.29 is 17.9 Å². The maximum absolute atomic E-state index is 11.2. The van der Waals surface area contributed by atoms with E-state index in [1.165, 1.54) is 30.8 Å². The van der Waals surface area contributed by atoms with Crippen molar-refractivity contribution in [3.05, 3.63) is 0 Å². The fraction of sp³-hybridized carbons (Fsp3) is 1.00. The zero-order valence-electron chi connectivity index (χ0n) is 54.0. The van der Waals surface area contributed by atoms with E-state index in [9.17, 15) is 8.42 Å². The third-order valence-corrected chi connectivity index (χ3v) is 14.9. The first-order chi connectivity index (χ1) is 31.8. The second-order valence-electron chi connectivity index (χ2n) is 24.3. The van der Waals surface area contributed by atoms with Gasteiger partial charge in [-0.1, -0.05) is 253 Å². The highest BCUT2D eigenvalue weighted by Gasteiger charge is 2.07. The van der Waals surface area contributed by atoms with Gasteiger partial charge in [-0.05, 0) is 136 Å². The normalized spacial score (nSPS) is 11.0. The first-order valence-corrected chi connectivity index (χ1v) is 33.4. The third kappa shape index (κ3) is 171. The van der Waals surface area contributed by atoms with E-state index in [4.69, 9.17) is 9.47 Å². The topological polar surface area (TPSA) is 76.7 Å². The number of hydrogen-bond acceptors (Lipinski definition) is 8. The van der Waals surface area contributed by atoms with Gasteiger partial charge in [-0.3, -0.25) is 8.42 Å². The van der Waals surface area contributed by atoms with E-state index in [-0.39, 0.29) is 59.4 Å². The molecule has 6 nitrogen and oxygen atoms in total. The molecule has 10 heteroatoms. The summed E-state index contributed by atoms with van der Waals surface area (Å²) < 4.78 is 32.9. The van der Waals surface area contributed by atoms with Crippen LogP contribution in [0, 0.1) is 47.3 Å². The minimum absolute atomic E-state index is 0. The Morgan fingerprint density at radius 1 is 0.372 bits per heavy atom. The maximum Gasteiger partial charge on any atom is 0.0518 e. The van der Waals surface area contributed by atoms with Crippen LogP contribution in [0.3, 0.4) is 0 Å². The van der Waals surface area contributed by atoms with Gasteiger partial charge >= 0.3 is 0 Å². The molecular formula is C68H170N2O4S4. The molecule has 2 N–H and O–H groups in total. The van der Waals surface area contributed by atoms with Gasteiger partial charge in [0.15, 0.2) is 0 Å². The summed E-state index contributed by atoms with van der Waals surface area (Å²) in [6.07, 6.45) is 5.70. The molecular weight excluding hydrogens is 1040 g/mol. The van der Waals surface area contributed by atoms with Gasteiger partial charge in [0.1, 0.15) is 0 Å². The minimum atomic E-state index is -0.602. The average molecular weight is 1210 g/mol. The Bertz CT molecular complexity index is 870. The molecule has 0 aliphatic heterocycles. The highest BCUT2D eigenvalue weighted by atomic mass is 32.2. The monoisotopic (exact) mass is 1210 g/mol. The van der Waals surface area contributed by atoms with Crippen LogP contribution in [-0.4, -0.2) is 103 Å². The molecule has 78 heavy (non-hydrogen) atoms. The second kappa shape index (κ2) is 86.6. The Balaban J connectivity index is -0.0000000397. The van der Waals surface area contributed by atoms with E-state index in [1.807, 2.05) is 39.5 Å². The van der Waals surface area contributed by atoms with E-state index in [1.54, 1.807) is 0 Å². The summed E-state index contributed by atoms with van der Waals surface area (Å²) in [6.45, 7) is 73.3. The lowest BCUT2D eigenvalue weighted by Gasteiger charge is -2.09. The largest absolute Gasteiger partial charge is 0.379 e. The Morgan fingerprint density at radius 2 is 0.744 bits per heavy atom. The van der Waals surface area contributed by atoms with Gasteiger partial charge in [0.2, 0.25) is 0 Å². The number of rotatable bonds is 28. The maximum atomic E-state index is 11.2. The SMILES string of the molecule is C.C.C.C.C.C.C.C.CC(C)CCNC(C)C.CC(C)CCOC(C)C.CC(C)CCS(=O)C(C)C.CC(C)CCSC(C)C.CC(C)CNC(C)C.CC(C)COC(C)C.CC(C)CS(=O)C(C)C.CC(C)CSC(C)C. The van der Waals surface area contributed by atoms with Crippen LogP contribution >= 0.6 is 23.5 Å². The molecule has 0 aliphatic rings. The first-order valence-electron chi connectivity index (χ1n) is 28.5. The Hall–Kier alpha value is 0.840. The van der Waals surface area contributed by atoms with Gasteiger partial charge in [-0.15, -0.1) is 0 Å². The Morgan fingerprint density at radius 3 is 0.949 bits per heavy atom. The lowest BCUT2D eigenvalue weighted by molar-refractivity contribution is 0.0593.